The van der Waals surface area contributed by atoms with E-state index in [1.807, 2.05) is 6.92 Å². The van der Waals surface area contributed by atoms with E-state index in [9.17, 15) is 18.0 Å². The van der Waals surface area contributed by atoms with Gasteiger partial charge in [0, 0.05) is 15.9 Å². The van der Waals surface area contributed by atoms with E-state index in [1.54, 1.807) is 5.38 Å². The molecular formula is C18H20F3NOS. The van der Waals surface area contributed by atoms with E-state index in [0.717, 1.165) is 48.3 Å². The van der Waals surface area contributed by atoms with Gasteiger partial charge in [0.05, 0.1) is 11.1 Å². The van der Waals surface area contributed by atoms with Gasteiger partial charge in [0.25, 0.3) is 5.91 Å². The highest BCUT2D eigenvalue weighted by molar-refractivity contribution is 7.10. The van der Waals surface area contributed by atoms with Crippen molar-refractivity contribution < 1.29 is 18.0 Å². The zero-order chi connectivity index (χ0) is 17.7. The molecule has 1 N–H and O–H groups in total. The summed E-state index contributed by atoms with van der Waals surface area (Å²) in [6, 6.07) is 4.70. The molecule has 0 radical (unpaired) electrons. The standard InChI is InChI=1S/C18H20F3NOS/c1-3-5-9-14-15(11-24-16(14)4-2)17(23)22-13-8-6-7-12(10-13)18(19,20)21/h6-8,10-11H,3-5,9H2,1-2H3,(H,22,23). The highest BCUT2D eigenvalue weighted by Gasteiger charge is 2.30. The molecule has 0 aliphatic rings. The number of benzene rings is 1. The number of carbonyl (C=O) groups excluding carboxylic acids is 1. The molecule has 0 aliphatic carbocycles. The van der Waals surface area contributed by atoms with Crippen molar-refractivity contribution in [3.8, 4) is 0 Å². The summed E-state index contributed by atoms with van der Waals surface area (Å²) in [6.45, 7) is 4.12. The molecule has 1 aromatic carbocycles. The third-order valence-electron chi connectivity index (χ3n) is 3.77. The molecule has 0 bridgehead atoms. The largest absolute Gasteiger partial charge is 0.416 e. The number of halogens is 3. The van der Waals surface area contributed by atoms with Gasteiger partial charge in [-0.05, 0) is 43.0 Å². The minimum Gasteiger partial charge on any atom is -0.322 e. The van der Waals surface area contributed by atoms with Gasteiger partial charge in [0.1, 0.15) is 0 Å². The van der Waals surface area contributed by atoms with Crippen molar-refractivity contribution in [2.75, 3.05) is 5.32 Å². The number of unbranched alkanes of at least 4 members (excludes halogenated alkanes) is 1. The van der Waals surface area contributed by atoms with Crippen LogP contribution in [-0.2, 0) is 19.0 Å². The number of thiophene rings is 1. The Morgan fingerprint density at radius 3 is 2.62 bits per heavy atom. The van der Waals surface area contributed by atoms with Crippen LogP contribution in [0, 0.1) is 0 Å². The van der Waals surface area contributed by atoms with Gasteiger partial charge in [-0.3, -0.25) is 4.79 Å². The van der Waals surface area contributed by atoms with Crippen LogP contribution < -0.4 is 5.32 Å². The lowest BCUT2D eigenvalue weighted by molar-refractivity contribution is -0.137. The Hall–Kier alpha value is -1.82. The first-order valence-corrected chi connectivity index (χ1v) is 8.82. The van der Waals surface area contributed by atoms with Crippen LogP contribution >= 0.6 is 11.3 Å². The second kappa shape index (κ2) is 7.83. The van der Waals surface area contributed by atoms with E-state index in [2.05, 4.69) is 12.2 Å². The molecule has 130 valence electrons. The first-order valence-electron chi connectivity index (χ1n) is 7.94. The van der Waals surface area contributed by atoms with Crippen LogP contribution in [0.4, 0.5) is 18.9 Å². The summed E-state index contributed by atoms with van der Waals surface area (Å²) in [5, 5.41) is 4.39. The van der Waals surface area contributed by atoms with Crippen LogP contribution in [-0.4, -0.2) is 5.91 Å². The number of carbonyl (C=O) groups is 1. The molecular weight excluding hydrogens is 335 g/mol. The average Bonchev–Trinajstić information content (AvgIpc) is 2.95. The summed E-state index contributed by atoms with van der Waals surface area (Å²) in [7, 11) is 0. The molecule has 0 spiro atoms. The predicted molar refractivity (Wildman–Crippen MR) is 91.7 cm³/mol. The maximum Gasteiger partial charge on any atom is 0.416 e. The lowest BCUT2D eigenvalue weighted by Crippen LogP contribution is -2.14. The maximum absolute atomic E-state index is 12.8. The Bertz CT molecular complexity index is 707. The molecule has 2 nitrogen and oxygen atoms in total. The van der Waals surface area contributed by atoms with Crippen molar-refractivity contribution in [3.05, 3.63) is 51.2 Å². The van der Waals surface area contributed by atoms with Gasteiger partial charge in [0.15, 0.2) is 0 Å². The predicted octanol–water partition coefficient (Wildman–Crippen LogP) is 5.92. The summed E-state index contributed by atoms with van der Waals surface area (Å²) in [4.78, 5) is 13.7. The van der Waals surface area contributed by atoms with E-state index in [-0.39, 0.29) is 11.6 Å². The molecule has 1 aromatic heterocycles. The fraction of sp³-hybridized carbons (Fsp3) is 0.389. The molecule has 24 heavy (non-hydrogen) atoms. The number of hydrogen-bond donors (Lipinski definition) is 1. The van der Waals surface area contributed by atoms with E-state index in [0.29, 0.717) is 5.56 Å². The minimum absolute atomic E-state index is 0.153. The van der Waals surface area contributed by atoms with Gasteiger partial charge in [-0.1, -0.05) is 26.3 Å². The number of anilines is 1. The van der Waals surface area contributed by atoms with Gasteiger partial charge in [-0.15, -0.1) is 11.3 Å². The number of hydrogen-bond acceptors (Lipinski definition) is 2. The van der Waals surface area contributed by atoms with Gasteiger partial charge in [-0.2, -0.15) is 13.2 Å². The van der Waals surface area contributed by atoms with E-state index >= 15 is 0 Å². The monoisotopic (exact) mass is 355 g/mol. The van der Waals surface area contributed by atoms with Gasteiger partial charge in [0.2, 0.25) is 0 Å². The molecule has 6 heteroatoms. The zero-order valence-electron chi connectivity index (χ0n) is 13.7. The summed E-state index contributed by atoms with van der Waals surface area (Å²) >= 11 is 1.53. The van der Waals surface area contributed by atoms with Crippen LogP contribution in [0.3, 0.4) is 0 Å². The maximum atomic E-state index is 12.8. The third kappa shape index (κ3) is 4.38. The van der Waals surface area contributed by atoms with Crippen molar-refractivity contribution in [3.63, 3.8) is 0 Å². The molecule has 0 fully saturated rings. The number of alkyl halides is 3. The topological polar surface area (TPSA) is 29.1 Å². The van der Waals surface area contributed by atoms with Crippen molar-refractivity contribution >= 4 is 22.9 Å². The quantitative estimate of drug-likeness (QED) is 0.684. The molecule has 0 aliphatic heterocycles. The zero-order valence-corrected chi connectivity index (χ0v) is 14.5. The Balaban J connectivity index is 2.23. The number of nitrogens with one attached hydrogen (secondary N) is 1. The van der Waals surface area contributed by atoms with Crippen LogP contribution in [0.5, 0.6) is 0 Å². The van der Waals surface area contributed by atoms with Crippen molar-refractivity contribution in [1.29, 1.82) is 0 Å². The van der Waals surface area contributed by atoms with E-state index < -0.39 is 11.7 Å². The lowest BCUT2D eigenvalue weighted by Gasteiger charge is -2.11. The van der Waals surface area contributed by atoms with E-state index in [4.69, 9.17) is 0 Å². The van der Waals surface area contributed by atoms with Crippen LogP contribution in [0.15, 0.2) is 29.6 Å². The summed E-state index contributed by atoms with van der Waals surface area (Å²) in [6.07, 6.45) is -0.763. The molecule has 0 atom stereocenters. The van der Waals surface area contributed by atoms with Crippen molar-refractivity contribution in [2.24, 2.45) is 0 Å². The minimum atomic E-state index is -4.43. The SMILES string of the molecule is CCCCc1c(C(=O)Nc2cccc(C(F)(F)F)c2)csc1CC. The molecule has 2 aromatic rings. The average molecular weight is 355 g/mol. The molecule has 2 rings (SSSR count). The summed E-state index contributed by atoms with van der Waals surface area (Å²) in [5.74, 6) is -0.351. The normalized spacial score (nSPS) is 11.5. The molecule has 0 saturated heterocycles. The number of aryl methyl sites for hydroxylation is 1. The highest BCUT2D eigenvalue weighted by Crippen LogP contribution is 2.31. The summed E-state index contributed by atoms with van der Waals surface area (Å²) < 4.78 is 38.3. The fourth-order valence-electron chi connectivity index (χ4n) is 2.51. The highest BCUT2D eigenvalue weighted by atomic mass is 32.1. The second-order valence-electron chi connectivity index (χ2n) is 5.54. The first kappa shape index (κ1) is 18.5. The molecule has 1 amide bonds. The molecule has 0 unspecified atom stereocenters. The van der Waals surface area contributed by atoms with Gasteiger partial charge in [-0.25, -0.2) is 0 Å². The summed E-state index contributed by atoms with van der Waals surface area (Å²) in [5.41, 5.74) is 0.975. The Morgan fingerprint density at radius 1 is 1.25 bits per heavy atom. The molecule has 0 saturated carbocycles. The van der Waals surface area contributed by atoms with E-state index in [1.165, 1.54) is 23.5 Å². The smallest absolute Gasteiger partial charge is 0.322 e. The van der Waals surface area contributed by atoms with Crippen LogP contribution in [0.2, 0.25) is 0 Å². The first-order chi connectivity index (χ1) is 11.4. The van der Waals surface area contributed by atoms with Crippen molar-refractivity contribution in [2.45, 2.75) is 45.7 Å². The lowest BCUT2D eigenvalue weighted by atomic mass is 10.0. The number of amides is 1. The number of rotatable bonds is 6. The Morgan fingerprint density at radius 2 is 2.00 bits per heavy atom. The Labute approximate surface area is 143 Å². The molecule has 1 heterocycles. The third-order valence-corrected chi connectivity index (χ3v) is 4.95. The fourth-order valence-corrected chi connectivity index (χ4v) is 3.54. The van der Waals surface area contributed by atoms with Crippen LogP contribution in [0.25, 0.3) is 0 Å². The second-order valence-corrected chi connectivity index (χ2v) is 6.51. The van der Waals surface area contributed by atoms with Gasteiger partial charge < -0.3 is 5.32 Å². The van der Waals surface area contributed by atoms with Crippen molar-refractivity contribution in [1.82, 2.24) is 0 Å². The van der Waals surface area contributed by atoms with Gasteiger partial charge >= 0.3 is 6.18 Å². The van der Waals surface area contributed by atoms with Crippen LogP contribution in [0.1, 0.15) is 53.1 Å². The Kier molecular flexibility index (Phi) is 6.04.